The molecular weight excluding hydrogens is 475 g/mol. The molecule has 2 aromatic rings. The molecule has 0 amide bonds. The number of ether oxygens (including phenoxy) is 2. The summed E-state index contributed by atoms with van der Waals surface area (Å²) in [5.74, 6) is 2.00. The third-order valence-corrected chi connectivity index (χ3v) is 8.08. The van der Waals surface area contributed by atoms with Crippen molar-refractivity contribution in [3.8, 4) is 11.5 Å². The fourth-order valence-electron chi connectivity index (χ4n) is 5.62. The summed E-state index contributed by atoms with van der Waals surface area (Å²) >= 11 is 0. The molecule has 1 saturated carbocycles. The highest BCUT2D eigenvalue weighted by Crippen LogP contribution is 2.34. The summed E-state index contributed by atoms with van der Waals surface area (Å²) < 4.78 is 25.8. The van der Waals surface area contributed by atoms with Crippen LogP contribution in [0.25, 0.3) is 0 Å². The van der Waals surface area contributed by atoms with Crippen molar-refractivity contribution in [2.24, 2.45) is 11.8 Å². The van der Waals surface area contributed by atoms with Gasteiger partial charge in [-0.1, -0.05) is 97.0 Å². The van der Waals surface area contributed by atoms with Crippen LogP contribution in [0.1, 0.15) is 126 Å². The molecular formula is C34H49FO3. The zero-order valence-corrected chi connectivity index (χ0v) is 23.8. The molecule has 38 heavy (non-hydrogen) atoms. The minimum atomic E-state index is -0.492. The van der Waals surface area contributed by atoms with Gasteiger partial charge in [0.1, 0.15) is 17.3 Å². The first-order valence-electron chi connectivity index (χ1n) is 15.3. The predicted molar refractivity (Wildman–Crippen MR) is 155 cm³/mol. The molecule has 0 heterocycles. The number of hydrogen-bond acceptors (Lipinski definition) is 3. The Balaban J connectivity index is 1.33. The van der Waals surface area contributed by atoms with E-state index in [4.69, 9.17) is 9.47 Å². The number of esters is 1. The van der Waals surface area contributed by atoms with E-state index in [0.717, 1.165) is 36.8 Å². The first kappa shape index (κ1) is 30.2. The van der Waals surface area contributed by atoms with Crippen LogP contribution in [-0.2, 0) is 6.42 Å². The van der Waals surface area contributed by atoms with E-state index >= 15 is 0 Å². The van der Waals surface area contributed by atoms with Crippen molar-refractivity contribution in [2.45, 2.75) is 117 Å². The van der Waals surface area contributed by atoms with Gasteiger partial charge in [-0.15, -0.1) is 0 Å². The Morgan fingerprint density at radius 3 is 2.03 bits per heavy atom. The van der Waals surface area contributed by atoms with Crippen LogP contribution in [0.3, 0.4) is 0 Å². The number of carbonyl (C=O) groups is 1. The maximum Gasteiger partial charge on any atom is 0.343 e. The molecule has 210 valence electrons. The van der Waals surface area contributed by atoms with Gasteiger partial charge < -0.3 is 9.47 Å². The third kappa shape index (κ3) is 10.8. The Kier molecular flexibility index (Phi) is 13.7. The average Bonchev–Trinajstić information content (AvgIpc) is 2.93. The lowest BCUT2D eigenvalue weighted by Crippen LogP contribution is -2.15. The number of unbranched alkanes of at least 4 members (excludes halogenated alkanes) is 6. The number of hydrogen-bond donors (Lipinski definition) is 0. The molecule has 1 aliphatic carbocycles. The standard InChI is InChI=1S/C34H49FO3/c1-3-5-7-8-10-14-29-19-24-32(26-33(29)35)38-34(36)30-20-22-31(23-21-30)37-25-11-13-28-17-15-27(16-18-28)12-9-6-4-2/h19-24,26-28H,3-18,25H2,1-2H3. The van der Waals surface area contributed by atoms with E-state index < -0.39 is 5.97 Å². The van der Waals surface area contributed by atoms with E-state index in [-0.39, 0.29) is 11.6 Å². The number of aryl methyl sites for hydroxylation is 1. The quantitative estimate of drug-likeness (QED) is 0.117. The van der Waals surface area contributed by atoms with Gasteiger partial charge in [0.2, 0.25) is 0 Å². The van der Waals surface area contributed by atoms with Gasteiger partial charge in [-0.2, -0.15) is 0 Å². The summed E-state index contributed by atoms with van der Waals surface area (Å²) in [6, 6.07) is 11.8. The molecule has 3 nitrogen and oxygen atoms in total. The van der Waals surface area contributed by atoms with Crippen LogP contribution >= 0.6 is 0 Å². The number of rotatable bonds is 17. The van der Waals surface area contributed by atoms with E-state index in [0.29, 0.717) is 24.2 Å². The first-order chi connectivity index (χ1) is 18.6. The molecule has 0 spiro atoms. The summed E-state index contributed by atoms with van der Waals surface area (Å²) in [6.45, 7) is 5.16. The average molecular weight is 525 g/mol. The number of benzene rings is 2. The molecule has 0 aliphatic heterocycles. The van der Waals surface area contributed by atoms with Gasteiger partial charge in [-0.05, 0) is 73.4 Å². The highest BCUT2D eigenvalue weighted by molar-refractivity contribution is 5.91. The summed E-state index contributed by atoms with van der Waals surface area (Å²) in [4.78, 5) is 12.5. The van der Waals surface area contributed by atoms with Crippen LogP contribution in [0.15, 0.2) is 42.5 Å². The summed E-state index contributed by atoms with van der Waals surface area (Å²) in [7, 11) is 0. The molecule has 4 heteroatoms. The minimum Gasteiger partial charge on any atom is -0.494 e. The molecule has 0 N–H and O–H groups in total. The second-order valence-corrected chi connectivity index (χ2v) is 11.2. The lowest BCUT2D eigenvalue weighted by atomic mass is 9.78. The van der Waals surface area contributed by atoms with Crippen LogP contribution in [0.5, 0.6) is 11.5 Å². The van der Waals surface area contributed by atoms with E-state index in [9.17, 15) is 9.18 Å². The molecule has 0 aromatic heterocycles. The van der Waals surface area contributed by atoms with Crippen molar-refractivity contribution in [2.75, 3.05) is 6.61 Å². The van der Waals surface area contributed by atoms with Crippen molar-refractivity contribution in [3.63, 3.8) is 0 Å². The molecule has 2 aromatic carbocycles. The zero-order valence-electron chi connectivity index (χ0n) is 23.8. The Bertz CT molecular complexity index is 931. The summed E-state index contributed by atoms with van der Waals surface area (Å²) in [5.41, 5.74) is 1.10. The molecule has 0 atom stereocenters. The highest BCUT2D eigenvalue weighted by Gasteiger charge is 2.20. The molecule has 1 aliphatic rings. The third-order valence-electron chi connectivity index (χ3n) is 8.08. The second-order valence-electron chi connectivity index (χ2n) is 11.2. The van der Waals surface area contributed by atoms with Gasteiger partial charge in [0.25, 0.3) is 0 Å². The summed E-state index contributed by atoms with van der Waals surface area (Å²) in [6.07, 6.45) is 19.8. The maximum absolute atomic E-state index is 14.5. The fourth-order valence-corrected chi connectivity index (χ4v) is 5.62. The van der Waals surface area contributed by atoms with E-state index in [1.54, 1.807) is 36.4 Å². The predicted octanol–water partition coefficient (Wildman–Crippen LogP) is 10.1. The van der Waals surface area contributed by atoms with Crippen LogP contribution in [0.2, 0.25) is 0 Å². The lowest BCUT2D eigenvalue weighted by molar-refractivity contribution is 0.0734. The number of carbonyl (C=O) groups excluding carboxylic acids is 1. The first-order valence-corrected chi connectivity index (χ1v) is 15.3. The maximum atomic E-state index is 14.5. The summed E-state index contributed by atoms with van der Waals surface area (Å²) in [5, 5.41) is 0. The van der Waals surface area contributed by atoms with Gasteiger partial charge in [0, 0.05) is 6.07 Å². The fraction of sp³-hybridized carbons (Fsp3) is 0.618. The van der Waals surface area contributed by atoms with Crippen LogP contribution < -0.4 is 9.47 Å². The second kappa shape index (κ2) is 17.3. The molecule has 0 unspecified atom stereocenters. The van der Waals surface area contributed by atoms with Crippen molar-refractivity contribution in [1.29, 1.82) is 0 Å². The Morgan fingerprint density at radius 1 is 0.763 bits per heavy atom. The minimum absolute atomic E-state index is 0.234. The molecule has 3 rings (SSSR count). The van der Waals surface area contributed by atoms with E-state index in [2.05, 4.69) is 13.8 Å². The highest BCUT2D eigenvalue weighted by atomic mass is 19.1. The Hall–Kier alpha value is -2.36. The van der Waals surface area contributed by atoms with Gasteiger partial charge >= 0.3 is 5.97 Å². The normalized spacial score (nSPS) is 17.3. The lowest BCUT2D eigenvalue weighted by Gasteiger charge is -2.28. The van der Waals surface area contributed by atoms with E-state index in [1.807, 2.05) is 0 Å². The Morgan fingerprint density at radius 2 is 1.37 bits per heavy atom. The molecule has 0 bridgehead atoms. The number of halogens is 1. The topological polar surface area (TPSA) is 35.5 Å². The Labute approximate surface area is 230 Å². The van der Waals surface area contributed by atoms with Crippen molar-refractivity contribution >= 4 is 5.97 Å². The van der Waals surface area contributed by atoms with Crippen LogP contribution in [0, 0.1) is 17.7 Å². The smallest absolute Gasteiger partial charge is 0.343 e. The van der Waals surface area contributed by atoms with E-state index in [1.165, 1.54) is 83.1 Å². The van der Waals surface area contributed by atoms with Gasteiger partial charge in [0.15, 0.2) is 0 Å². The molecule has 0 radical (unpaired) electrons. The monoisotopic (exact) mass is 524 g/mol. The molecule has 0 saturated heterocycles. The van der Waals surface area contributed by atoms with Crippen molar-refractivity contribution < 1.29 is 18.7 Å². The van der Waals surface area contributed by atoms with Crippen LogP contribution in [-0.4, -0.2) is 12.6 Å². The van der Waals surface area contributed by atoms with Crippen molar-refractivity contribution in [1.82, 2.24) is 0 Å². The zero-order chi connectivity index (χ0) is 27.0. The molecule has 1 fully saturated rings. The largest absolute Gasteiger partial charge is 0.494 e. The van der Waals surface area contributed by atoms with Gasteiger partial charge in [-0.25, -0.2) is 9.18 Å². The van der Waals surface area contributed by atoms with Crippen LogP contribution in [0.4, 0.5) is 4.39 Å². The van der Waals surface area contributed by atoms with Gasteiger partial charge in [-0.3, -0.25) is 0 Å². The van der Waals surface area contributed by atoms with Gasteiger partial charge in [0.05, 0.1) is 12.2 Å². The SMILES string of the molecule is CCCCCCCc1ccc(OC(=O)c2ccc(OCCCC3CCC(CCCCC)CC3)cc2)cc1F. The van der Waals surface area contributed by atoms with Crippen molar-refractivity contribution in [3.05, 3.63) is 59.4 Å².